The molecule has 1 aliphatic carbocycles. The molecule has 6 heteroatoms. The molecule has 1 saturated heterocycles. The van der Waals surface area contributed by atoms with Crippen molar-refractivity contribution in [1.82, 2.24) is 19.7 Å². The SMILES string of the molecule is Cc1cc(-c2nn(C)c3ncc(-c4ccc5c(c4)CC[C@@H](N4CCCC4)CC5)cc23)cc(C)c1C(N)=O. The number of likely N-dealkylation sites (tertiary alicyclic amines) is 1. The largest absolute Gasteiger partial charge is 0.366 e. The molecule has 0 bridgehead atoms. The first-order valence-corrected chi connectivity index (χ1v) is 13.5. The molecule has 6 nitrogen and oxygen atoms in total. The van der Waals surface area contributed by atoms with Crippen LogP contribution in [0.5, 0.6) is 0 Å². The Bertz CT molecular complexity index is 1490. The lowest BCUT2D eigenvalue weighted by Gasteiger charge is -2.25. The zero-order valence-corrected chi connectivity index (χ0v) is 22.1. The summed E-state index contributed by atoms with van der Waals surface area (Å²) in [6.07, 6.45) is 9.50. The highest BCUT2D eigenvalue weighted by Gasteiger charge is 2.24. The molecule has 1 fully saturated rings. The normalized spacial score (nSPS) is 18.2. The number of aromatic nitrogens is 3. The summed E-state index contributed by atoms with van der Waals surface area (Å²) in [6.45, 7) is 6.40. The first-order chi connectivity index (χ1) is 17.9. The topological polar surface area (TPSA) is 77.0 Å². The number of pyridine rings is 1. The number of hydrogen-bond acceptors (Lipinski definition) is 4. The minimum Gasteiger partial charge on any atom is -0.366 e. The van der Waals surface area contributed by atoms with E-state index in [1.807, 2.05) is 43.9 Å². The molecule has 1 amide bonds. The van der Waals surface area contributed by atoms with Crippen molar-refractivity contribution in [2.75, 3.05) is 13.1 Å². The van der Waals surface area contributed by atoms with Crippen molar-refractivity contribution in [2.45, 2.75) is 58.4 Å². The highest BCUT2D eigenvalue weighted by atomic mass is 16.1. The van der Waals surface area contributed by atoms with Crippen LogP contribution in [0.15, 0.2) is 42.6 Å². The van der Waals surface area contributed by atoms with E-state index in [1.54, 1.807) is 0 Å². The van der Waals surface area contributed by atoms with Crippen molar-refractivity contribution in [3.05, 3.63) is 70.4 Å². The van der Waals surface area contributed by atoms with Gasteiger partial charge in [-0.25, -0.2) is 9.67 Å². The summed E-state index contributed by atoms with van der Waals surface area (Å²) < 4.78 is 1.83. The average Bonchev–Trinajstić information content (AvgIpc) is 3.46. The van der Waals surface area contributed by atoms with Crippen LogP contribution < -0.4 is 5.73 Å². The molecule has 0 radical (unpaired) electrons. The Kier molecular flexibility index (Phi) is 6.07. The molecule has 2 aromatic carbocycles. The third-order valence-corrected chi connectivity index (χ3v) is 8.42. The van der Waals surface area contributed by atoms with Gasteiger partial charge in [-0.2, -0.15) is 5.10 Å². The van der Waals surface area contributed by atoms with E-state index in [0.717, 1.165) is 51.4 Å². The van der Waals surface area contributed by atoms with E-state index in [2.05, 4.69) is 29.2 Å². The molecule has 0 spiro atoms. The van der Waals surface area contributed by atoms with Crippen molar-refractivity contribution in [3.63, 3.8) is 0 Å². The van der Waals surface area contributed by atoms with Gasteiger partial charge < -0.3 is 10.6 Å². The average molecular weight is 494 g/mol. The molecule has 190 valence electrons. The summed E-state index contributed by atoms with van der Waals surface area (Å²) in [5.74, 6) is -0.397. The van der Waals surface area contributed by atoms with Gasteiger partial charge in [0.25, 0.3) is 0 Å². The fraction of sp³-hybridized carbons (Fsp3) is 0.387. The zero-order chi connectivity index (χ0) is 25.7. The number of primary amides is 1. The summed E-state index contributed by atoms with van der Waals surface area (Å²) in [4.78, 5) is 19.4. The maximum Gasteiger partial charge on any atom is 0.249 e. The van der Waals surface area contributed by atoms with E-state index in [4.69, 9.17) is 15.8 Å². The smallest absolute Gasteiger partial charge is 0.249 e. The summed E-state index contributed by atoms with van der Waals surface area (Å²) in [5, 5.41) is 5.82. The Morgan fingerprint density at radius 2 is 1.62 bits per heavy atom. The molecule has 2 aromatic heterocycles. The van der Waals surface area contributed by atoms with Crippen LogP contribution in [0.2, 0.25) is 0 Å². The van der Waals surface area contributed by atoms with E-state index in [-0.39, 0.29) is 0 Å². The number of benzene rings is 2. The fourth-order valence-corrected chi connectivity index (χ4v) is 6.54. The Morgan fingerprint density at radius 1 is 0.919 bits per heavy atom. The van der Waals surface area contributed by atoms with E-state index in [1.165, 1.54) is 61.9 Å². The second kappa shape index (κ2) is 9.42. The second-order valence-electron chi connectivity index (χ2n) is 10.9. The minimum atomic E-state index is -0.397. The monoisotopic (exact) mass is 493 g/mol. The van der Waals surface area contributed by atoms with Gasteiger partial charge in [-0.05, 0) is 111 Å². The Labute approximate surface area is 218 Å². The molecular weight excluding hydrogens is 458 g/mol. The molecule has 0 unspecified atom stereocenters. The minimum absolute atomic E-state index is 0.397. The lowest BCUT2D eigenvalue weighted by molar-refractivity contribution is 0.0999. The Morgan fingerprint density at radius 3 is 2.32 bits per heavy atom. The molecule has 2 N–H and O–H groups in total. The van der Waals surface area contributed by atoms with Gasteiger partial charge in [0.1, 0.15) is 5.69 Å². The summed E-state index contributed by atoms with van der Waals surface area (Å²) in [5.41, 5.74) is 15.9. The number of nitrogens with zero attached hydrogens (tertiary/aromatic N) is 4. The van der Waals surface area contributed by atoms with Crippen LogP contribution in [0.1, 0.15) is 58.3 Å². The second-order valence-corrected chi connectivity index (χ2v) is 10.9. The van der Waals surface area contributed by atoms with E-state index in [9.17, 15) is 4.79 Å². The predicted molar refractivity (Wildman–Crippen MR) is 149 cm³/mol. The highest BCUT2D eigenvalue weighted by molar-refractivity contribution is 5.98. The van der Waals surface area contributed by atoms with Crippen LogP contribution in [-0.2, 0) is 19.9 Å². The van der Waals surface area contributed by atoms with Crippen LogP contribution in [0, 0.1) is 13.8 Å². The van der Waals surface area contributed by atoms with Crippen LogP contribution in [0.25, 0.3) is 33.4 Å². The zero-order valence-electron chi connectivity index (χ0n) is 22.1. The molecule has 37 heavy (non-hydrogen) atoms. The van der Waals surface area contributed by atoms with Crippen molar-refractivity contribution in [1.29, 1.82) is 0 Å². The number of rotatable bonds is 4. The van der Waals surface area contributed by atoms with Crippen LogP contribution in [-0.4, -0.2) is 44.7 Å². The highest BCUT2D eigenvalue weighted by Crippen LogP contribution is 2.34. The van der Waals surface area contributed by atoms with Crippen molar-refractivity contribution in [2.24, 2.45) is 12.8 Å². The van der Waals surface area contributed by atoms with E-state index < -0.39 is 5.91 Å². The van der Waals surface area contributed by atoms with Crippen LogP contribution in [0.4, 0.5) is 0 Å². The maximum atomic E-state index is 11.9. The number of aryl methyl sites for hydroxylation is 5. The fourth-order valence-electron chi connectivity index (χ4n) is 6.54. The van der Waals surface area contributed by atoms with Gasteiger partial charge in [-0.15, -0.1) is 0 Å². The first-order valence-electron chi connectivity index (χ1n) is 13.5. The van der Waals surface area contributed by atoms with Crippen molar-refractivity contribution < 1.29 is 4.79 Å². The summed E-state index contributed by atoms with van der Waals surface area (Å²) in [7, 11) is 1.93. The third-order valence-electron chi connectivity index (χ3n) is 8.42. The lowest BCUT2D eigenvalue weighted by atomic mass is 9.95. The maximum absolute atomic E-state index is 11.9. The lowest BCUT2D eigenvalue weighted by Crippen LogP contribution is -2.32. The van der Waals surface area contributed by atoms with Crippen LogP contribution in [0.3, 0.4) is 0 Å². The number of carbonyl (C=O) groups excluding carboxylic acids is 1. The van der Waals surface area contributed by atoms with Gasteiger partial charge in [0.05, 0.1) is 0 Å². The van der Waals surface area contributed by atoms with Crippen LogP contribution >= 0.6 is 0 Å². The number of carbonyl (C=O) groups is 1. The van der Waals surface area contributed by atoms with E-state index in [0.29, 0.717) is 5.56 Å². The standard InChI is InChI=1S/C31H35N5O/c1-19-14-24(15-20(2)28(19)30(32)37)29-27-17-25(18-33-31(27)35(3)34-29)23-7-6-21-8-10-26(11-9-22(21)16-23)36-12-4-5-13-36/h6-7,14-18,26H,4-5,8-13H2,1-3H3,(H2,32,37)/t26-/m0/s1. The number of nitrogens with two attached hydrogens (primary N) is 1. The van der Waals surface area contributed by atoms with Gasteiger partial charge in [-0.1, -0.05) is 18.2 Å². The number of amides is 1. The number of hydrogen-bond donors (Lipinski definition) is 1. The summed E-state index contributed by atoms with van der Waals surface area (Å²) >= 11 is 0. The predicted octanol–water partition coefficient (Wildman–Crippen LogP) is 5.36. The Balaban J connectivity index is 1.36. The molecule has 1 atom stereocenters. The Hall–Kier alpha value is -3.51. The van der Waals surface area contributed by atoms with Gasteiger partial charge in [-0.3, -0.25) is 4.79 Å². The van der Waals surface area contributed by atoms with Crippen molar-refractivity contribution in [3.8, 4) is 22.4 Å². The molecule has 0 saturated carbocycles. The molecule has 6 rings (SSSR count). The van der Waals surface area contributed by atoms with E-state index >= 15 is 0 Å². The van der Waals surface area contributed by atoms with Gasteiger partial charge in [0.15, 0.2) is 5.65 Å². The van der Waals surface area contributed by atoms with Gasteiger partial charge in [0, 0.05) is 41.4 Å². The van der Waals surface area contributed by atoms with Gasteiger partial charge >= 0.3 is 0 Å². The molecule has 2 aliphatic rings. The van der Waals surface area contributed by atoms with Gasteiger partial charge in [0.2, 0.25) is 5.91 Å². The van der Waals surface area contributed by atoms with Crippen molar-refractivity contribution >= 4 is 16.9 Å². The molecule has 4 aromatic rings. The quantitative estimate of drug-likeness (QED) is 0.388. The number of fused-ring (bicyclic) bond motifs is 2. The first kappa shape index (κ1) is 23.9. The molecule has 1 aliphatic heterocycles. The molecular formula is C31H35N5O. The third kappa shape index (κ3) is 4.33. The summed E-state index contributed by atoms with van der Waals surface area (Å²) in [6, 6.07) is 13.9. The molecule has 3 heterocycles.